The van der Waals surface area contributed by atoms with Crippen LogP contribution in [0.15, 0.2) is 48.7 Å². The number of pyridine rings is 1. The number of likely N-dealkylation sites (N-methyl/N-ethyl adjacent to an activating group) is 1. The maximum Gasteiger partial charge on any atom is 0.213 e. The van der Waals surface area contributed by atoms with Crippen LogP contribution in [-0.2, 0) is 0 Å². The van der Waals surface area contributed by atoms with E-state index < -0.39 is 0 Å². The van der Waals surface area contributed by atoms with Gasteiger partial charge in [0, 0.05) is 11.6 Å². The average Bonchev–Trinajstić information content (AvgIpc) is 2.83. The number of carbonyl (C=O) groups is 1. The molecular weight excluding hydrogens is 390 g/mol. The summed E-state index contributed by atoms with van der Waals surface area (Å²) < 4.78 is 11.0. The van der Waals surface area contributed by atoms with Crippen LogP contribution >= 0.6 is 0 Å². The summed E-state index contributed by atoms with van der Waals surface area (Å²) in [6.07, 6.45) is 1.85. The van der Waals surface area contributed by atoms with Gasteiger partial charge in [0.2, 0.25) is 11.3 Å². The first kappa shape index (κ1) is 21.1. The fourth-order valence-corrected chi connectivity index (χ4v) is 4.28. The van der Waals surface area contributed by atoms with Crippen LogP contribution in [0.5, 0.6) is 11.5 Å². The molecule has 0 saturated carbocycles. The zero-order valence-electron chi connectivity index (χ0n) is 18.5. The Morgan fingerprint density at radius 1 is 1.06 bits per heavy atom. The van der Waals surface area contributed by atoms with Gasteiger partial charge in [0.1, 0.15) is 17.1 Å². The number of carbonyl (C=O) groups excluding carboxylic acids is 1. The summed E-state index contributed by atoms with van der Waals surface area (Å²) in [6.45, 7) is 9.92. The highest BCUT2D eigenvalue weighted by atomic mass is 16.5. The van der Waals surface area contributed by atoms with E-state index in [0.717, 1.165) is 60.8 Å². The number of quaternary nitrogens is 1. The summed E-state index contributed by atoms with van der Waals surface area (Å²) in [4.78, 5) is 20.8. The number of nitrogens with one attached hydrogen (secondary N) is 2. The van der Waals surface area contributed by atoms with Crippen LogP contribution in [0.25, 0.3) is 10.9 Å². The molecule has 0 amide bonds. The largest absolute Gasteiger partial charge is 0.497 e. The second-order valence-electron chi connectivity index (χ2n) is 7.84. The Hall–Kier alpha value is -3.12. The van der Waals surface area contributed by atoms with Gasteiger partial charge >= 0.3 is 0 Å². The molecule has 1 aliphatic heterocycles. The first-order valence-electron chi connectivity index (χ1n) is 11.0. The minimum atomic E-state index is 0.00267. The second-order valence-corrected chi connectivity index (χ2v) is 7.84. The molecule has 6 nitrogen and oxygen atoms in total. The first-order valence-corrected chi connectivity index (χ1v) is 11.0. The summed E-state index contributed by atoms with van der Waals surface area (Å²) in [5.41, 5.74) is 3.32. The van der Waals surface area contributed by atoms with Crippen LogP contribution in [0.4, 0.5) is 5.69 Å². The summed E-state index contributed by atoms with van der Waals surface area (Å²) in [7, 11) is 1.63. The lowest BCUT2D eigenvalue weighted by Gasteiger charge is -2.34. The van der Waals surface area contributed by atoms with Crippen molar-refractivity contribution in [2.24, 2.45) is 0 Å². The molecule has 1 aromatic heterocycles. The van der Waals surface area contributed by atoms with Crippen molar-refractivity contribution in [3.8, 4) is 11.5 Å². The number of hydrogen-bond acceptors (Lipinski definition) is 4. The van der Waals surface area contributed by atoms with E-state index in [0.29, 0.717) is 17.7 Å². The van der Waals surface area contributed by atoms with Crippen LogP contribution < -0.4 is 24.3 Å². The Morgan fingerprint density at radius 3 is 2.42 bits per heavy atom. The molecule has 31 heavy (non-hydrogen) atoms. The average molecular weight is 422 g/mol. The van der Waals surface area contributed by atoms with Gasteiger partial charge in [-0.3, -0.25) is 4.79 Å². The minimum absolute atomic E-state index is 0.00267. The predicted molar refractivity (Wildman–Crippen MR) is 122 cm³/mol. The molecule has 0 aliphatic carbocycles. The molecule has 3 aromatic rings. The molecule has 2 aromatic carbocycles. The number of anilines is 1. The van der Waals surface area contributed by atoms with Crippen molar-refractivity contribution in [1.29, 1.82) is 0 Å². The van der Waals surface area contributed by atoms with E-state index in [-0.39, 0.29) is 5.78 Å². The number of ketones is 1. The number of benzene rings is 2. The Kier molecular flexibility index (Phi) is 6.37. The first-order chi connectivity index (χ1) is 15.1. The fourth-order valence-electron chi connectivity index (χ4n) is 4.28. The van der Waals surface area contributed by atoms with Crippen LogP contribution in [0.3, 0.4) is 0 Å². The molecule has 4 rings (SSSR count). The fraction of sp³-hybridized carbons (Fsp3) is 0.360. The maximum atomic E-state index is 13.6. The molecule has 2 heterocycles. The lowest BCUT2D eigenvalue weighted by molar-refractivity contribution is -0.898. The lowest BCUT2D eigenvalue weighted by atomic mass is 9.99. The van der Waals surface area contributed by atoms with Crippen molar-refractivity contribution >= 4 is 22.4 Å². The van der Waals surface area contributed by atoms with Crippen LogP contribution in [0.1, 0.15) is 29.8 Å². The van der Waals surface area contributed by atoms with Crippen LogP contribution in [0.2, 0.25) is 0 Å². The molecule has 6 heteroatoms. The number of H-pyrrole nitrogens is 1. The number of methoxy groups -OCH3 is 1. The van der Waals surface area contributed by atoms with Crippen molar-refractivity contribution in [3.05, 3.63) is 59.8 Å². The van der Waals surface area contributed by atoms with Crippen molar-refractivity contribution in [3.63, 3.8) is 0 Å². The van der Waals surface area contributed by atoms with E-state index in [1.807, 2.05) is 49.5 Å². The number of piperazine rings is 1. The molecule has 2 N–H and O–H groups in total. The highest BCUT2D eigenvalue weighted by molar-refractivity contribution is 6.15. The number of aromatic nitrogens is 1. The van der Waals surface area contributed by atoms with E-state index >= 15 is 0 Å². The second kappa shape index (κ2) is 9.35. The number of rotatable bonds is 7. The molecule has 1 saturated heterocycles. The van der Waals surface area contributed by atoms with Gasteiger partial charge in [-0.1, -0.05) is 0 Å². The van der Waals surface area contributed by atoms with Crippen molar-refractivity contribution < 1.29 is 24.2 Å². The van der Waals surface area contributed by atoms with Crippen molar-refractivity contribution in [2.75, 3.05) is 51.3 Å². The summed E-state index contributed by atoms with van der Waals surface area (Å²) in [6, 6.07) is 13.3. The number of nitrogens with zero attached hydrogens (tertiary/aromatic N) is 1. The molecule has 0 bridgehead atoms. The summed E-state index contributed by atoms with van der Waals surface area (Å²) in [5, 5.41) is 1.02. The van der Waals surface area contributed by atoms with E-state index in [1.54, 1.807) is 12.0 Å². The van der Waals surface area contributed by atoms with Gasteiger partial charge in [0.25, 0.3) is 0 Å². The normalized spacial score (nSPS) is 14.6. The van der Waals surface area contributed by atoms with E-state index in [4.69, 9.17) is 9.47 Å². The molecule has 0 unspecified atom stereocenters. The van der Waals surface area contributed by atoms with Gasteiger partial charge in [0.15, 0.2) is 6.20 Å². The molecule has 1 fully saturated rings. The zero-order chi connectivity index (χ0) is 21.8. The van der Waals surface area contributed by atoms with Crippen LogP contribution in [-0.4, -0.2) is 52.2 Å². The molecule has 0 spiro atoms. The third-order valence-corrected chi connectivity index (χ3v) is 6.07. The summed E-state index contributed by atoms with van der Waals surface area (Å²) in [5.74, 6) is 1.56. The van der Waals surface area contributed by atoms with Gasteiger partial charge in [-0.05, 0) is 50.2 Å². The Bertz CT molecular complexity index is 1060. The minimum Gasteiger partial charge on any atom is -0.497 e. The highest BCUT2D eigenvalue weighted by Gasteiger charge is 2.28. The van der Waals surface area contributed by atoms with Gasteiger partial charge in [-0.25, -0.2) is 4.98 Å². The van der Waals surface area contributed by atoms with Crippen LogP contribution in [0, 0.1) is 0 Å². The Morgan fingerprint density at radius 2 is 1.77 bits per heavy atom. The van der Waals surface area contributed by atoms with Crippen molar-refractivity contribution in [1.82, 2.24) is 0 Å². The number of aromatic amines is 1. The molecular formula is C25H31N3O3+2. The third-order valence-electron chi connectivity index (χ3n) is 6.07. The number of fused-ring (bicyclic) bond motifs is 1. The number of hydrogen-bond donors (Lipinski definition) is 1. The highest BCUT2D eigenvalue weighted by Crippen LogP contribution is 2.32. The SMILES string of the molecule is CCOc1ccc2[nH+]cc(C(=O)c3ccc(OC)cc3)c(N3CC[NH+](CC)CC3)c2c1. The predicted octanol–water partition coefficient (Wildman–Crippen LogP) is 2.02. The van der Waals surface area contributed by atoms with Gasteiger partial charge in [-0.15, -0.1) is 0 Å². The van der Waals surface area contributed by atoms with Gasteiger partial charge in [0.05, 0.1) is 57.5 Å². The molecule has 1 aliphatic rings. The van der Waals surface area contributed by atoms with Gasteiger partial charge < -0.3 is 19.3 Å². The molecule has 162 valence electrons. The molecule has 0 atom stereocenters. The molecule has 0 radical (unpaired) electrons. The quantitative estimate of drug-likeness (QED) is 0.593. The third kappa shape index (κ3) is 4.35. The smallest absolute Gasteiger partial charge is 0.213 e. The monoisotopic (exact) mass is 421 g/mol. The zero-order valence-corrected chi connectivity index (χ0v) is 18.5. The van der Waals surface area contributed by atoms with E-state index in [1.165, 1.54) is 0 Å². The Labute approximate surface area is 183 Å². The Balaban J connectivity index is 1.82. The maximum absolute atomic E-state index is 13.6. The standard InChI is InChI=1S/C25H29N3O3/c1-4-27-12-14-28(15-13-27)24-21-16-20(31-5-2)10-11-23(21)26-17-22(24)25(29)18-6-8-19(30-3)9-7-18/h6-11,16-17H,4-5,12-15H2,1-3H3/p+2. The number of ether oxygens (including phenoxy) is 2. The lowest BCUT2D eigenvalue weighted by Crippen LogP contribution is -3.14. The van der Waals surface area contributed by atoms with E-state index in [9.17, 15) is 4.79 Å². The summed E-state index contributed by atoms with van der Waals surface area (Å²) >= 11 is 0. The topological polar surface area (TPSA) is 57.4 Å². The van der Waals surface area contributed by atoms with Gasteiger partial charge in [-0.2, -0.15) is 0 Å². The van der Waals surface area contributed by atoms with Crippen molar-refractivity contribution in [2.45, 2.75) is 13.8 Å². The van der Waals surface area contributed by atoms with E-state index in [2.05, 4.69) is 22.9 Å².